The lowest BCUT2D eigenvalue weighted by Crippen LogP contribution is -2.45. The molecule has 37 heavy (non-hydrogen) atoms. The van der Waals surface area contributed by atoms with Crippen molar-refractivity contribution < 1.29 is 24.1 Å². The molecule has 0 radical (unpaired) electrons. The molecule has 4 atom stereocenters. The number of benzene rings is 2. The average molecular weight is 509 g/mol. The number of carbonyl (C=O) groups is 1. The summed E-state index contributed by atoms with van der Waals surface area (Å²) in [5.41, 5.74) is 3.39. The van der Waals surface area contributed by atoms with E-state index in [1.54, 1.807) is 0 Å². The molecule has 2 heterocycles. The number of aliphatic hydroxyl groups is 1. The van der Waals surface area contributed by atoms with Crippen molar-refractivity contribution in [3.8, 4) is 0 Å². The minimum atomic E-state index is -0.579. The summed E-state index contributed by atoms with van der Waals surface area (Å²) in [6, 6.07) is 15.5. The molecule has 2 aromatic carbocycles. The number of nitrogens with zero attached hydrogens (tertiary/aromatic N) is 1. The second-order valence-electron chi connectivity index (χ2n) is 10.0. The summed E-state index contributed by atoms with van der Waals surface area (Å²) in [4.78, 5) is 14.6. The van der Waals surface area contributed by atoms with Gasteiger partial charge in [-0.2, -0.15) is 0 Å². The van der Waals surface area contributed by atoms with Crippen LogP contribution in [-0.2, 0) is 20.8 Å². The highest BCUT2D eigenvalue weighted by Gasteiger charge is 2.39. The number of ether oxygens (including phenoxy) is 3. The Labute approximate surface area is 220 Å². The van der Waals surface area contributed by atoms with Crippen LogP contribution < -0.4 is 5.32 Å². The Bertz CT molecular complexity index is 1000. The van der Waals surface area contributed by atoms with E-state index in [9.17, 15) is 9.90 Å². The Morgan fingerprint density at radius 3 is 2.51 bits per heavy atom. The summed E-state index contributed by atoms with van der Waals surface area (Å²) in [7, 11) is 0. The smallest absolute Gasteiger partial charge is 0.411 e. The van der Waals surface area contributed by atoms with Crippen LogP contribution in [0.4, 0.5) is 10.5 Å². The normalized spacial score (nSPS) is 25.0. The highest BCUT2D eigenvalue weighted by Crippen LogP contribution is 2.42. The molecule has 2 aliphatic heterocycles. The van der Waals surface area contributed by atoms with E-state index in [1.807, 2.05) is 48.5 Å². The van der Waals surface area contributed by atoms with Crippen molar-refractivity contribution >= 4 is 11.8 Å². The van der Waals surface area contributed by atoms with Gasteiger partial charge in [0.25, 0.3) is 0 Å². The van der Waals surface area contributed by atoms with E-state index in [1.165, 1.54) is 38.2 Å². The number of anilines is 1. The zero-order valence-corrected chi connectivity index (χ0v) is 21.8. The van der Waals surface area contributed by atoms with E-state index >= 15 is 0 Å². The molecule has 7 heteroatoms. The fourth-order valence-electron chi connectivity index (χ4n) is 5.13. The minimum absolute atomic E-state index is 0.0136. The van der Waals surface area contributed by atoms with Crippen molar-refractivity contribution in [1.29, 1.82) is 0 Å². The van der Waals surface area contributed by atoms with Crippen LogP contribution in [0.15, 0.2) is 61.2 Å². The predicted octanol–water partition coefficient (Wildman–Crippen LogP) is 5.97. The van der Waals surface area contributed by atoms with Gasteiger partial charge in [-0.1, -0.05) is 75.2 Å². The molecule has 4 rings (SSSR count). The van der Waals surface area contributed by atoms with Crippen LogP contribution >= 0.6 is 0 Å². The van der Waals surface area contributed by atoms with Crippen LogP contribution in [0.1, 0.15) is 68.1 Å². The van der Waals surface area contributed by atoms with Crippen molar-refractivity contribution in [2.24, 2.45) is 5.92 Å². The highest BCUT2D eigenvalue weighted by molar-refractivity contribution is 5.84. The SMILES string of the molecule is C=CCOC(=O)Nc1cccc(C2OC(CN3CCCCCCC3)C(C)C(c3ccc(CO)cc3)O2)c1. The Hall–Kier alpha value is -2.71. The van der Waals surface area contributed by atoms with Crippen molar-refractivity contribution in [2.45, 2.75) is 64.1 Å². The molecule has 4 unspecified atom stereocenters. The molecule has 2 N–H and O–H groups in total. The molecule has 7 nitrogen and oxygen atoms in total. The highest BCUT2D eigenvalue weighted by atomic mass is 16.7. The zero-order valence-electron chi connectivity index (χ0n) is 21.8. The Kier molecular flexibility index (Phi) is 10.1. The molecule has 0 saturated carbocycles. The maximum Gasteiger partial charge on any atom is 0.411 e. The summed E-state index contributed by atoms with van der Waals surface area (Å²) >= 11 is 0. The third-order valence-corrected chi connectivity index (χ3v) is 7.25. The molecule has 0 aromatic heterocycles. The van der Waals surface area contributed by atoms with Crippen molar-refractivity contribution in [2.75, 3.05) is 31.6 Å². The number of nitrogens with one attached hydrogen (secondary N) is 1. The fourth-order valence-corrected chi connectivity index (χ4v) is 5.13. The van der Waals surface area contributed by atoms with Gasteiger partial charge in [-0.25, -0.2) is 4.79 Å². The van der Waals surface area contributed by atoms with Crippen LogP contribution in [0.5, 0.6) is 0 Å². The lowest BCUT2D eigenvalue weighted by atomic mass is 9.89. The molecule has 0 spiro atoms. The Balaban J connectivity index is 1.55. The van der Waals surface area contributed by atoms with E-state index in [0.717, 1.165) is 36.3 Å². The van der Waals surface area contributed by atoms with E-state index < -0.39 is 12.4 Å². The monoisotopic (exact) mass is 508 g/mol. The number of carbonyl (C=O) groups excluding carboxylic acids is 1. The van der Waals surface area contributed by atoms with Crippen LogP contribution in [0.2, 0.25) is 0 Å². The van der Waals surface area contributed by atoms with Crippen LogP contribution in [0, 0.1) is 5.92 Å². The molecule has 2 aromatic rings. The molecule has 2 saturated heterocycles. The van der Waals surface area contributed by atoms with Crippen molar-refractivity contribution in [3.05, 3.63) is 77.9 Å². The van der Waals surface area contributed by atoms with Crippen molar-refractivity contribution in [1.82, 2.24) is 4.90 Å². The van der Waals surface area contributed by atoms with Gasteiger partial charge in [0.05, 0.1) is 18.8 Å². The number of hydrogen-bond acceptors (Lipinski definition) is 6. The van der Waals surface area contributed by atoms with Gasteiger partial charge in [-0.05, 0) is 49.2 Å². The number of aliphatic hydroxyl groups excluding tert-OH is 1. The zero-order chi connectivity index (χ0) is 26.0. The van der Waals surface area contributed by atoms with Crippen LogP contribution in [-0.4, -0.2) is 48.4 Å². The van der Waals surface area contributed by atoms with Crippen molar-refractivity contribution in [3.63, 3.8) is 0 Å². The van der Waals surface area contributed by atoms with Crippen LogP contribution in [0.3, 0.4) is 0 Å². The van der Waals surface area contributed by atoms with Gasteiger partial charge in [0.1, 0.15) is 6.61 Å². The largest absolute Gasteiger partial charge is 0.445 e. The standard InChI is InChI=1S/C30H40N2O5/c1-3-18-35-30(34)31-26-11-9-10-25(19-26)29-36-27(20-32-16-7-5-4-6-8-17-32)22(2)28(37-29)24-14-12-23(21-33)13-15-24/h3,9-15,19,22,27-29,33H,1,4-8,16-18,20-21H2,2H3,(H,31,34). The molecule has 200 valence electrons. The van der Waals surface area contributed by atoms with Crippen LogP contribution in [0.25, 0.3) is 0 Å². The van der Waals surface area contributed by atoms with Gasteiger partial charge in [0.15, 0.2) is 6.29 Å². The number of hydrogen-bond donors (Lipinski definition) is 2. The topological polar surface area (TPSA) is 80.3 Å². The van der Waals surface area contributed by atoms with Gasteiger partial charge in [0.2, 0.25) is 0 Å². The molecular weight excluding hydrogens is 468 g/mol. The van der Waals surface area contributed by atoms with E-state index in [2.05, 4.69) is 23.7 Å². The molecule has 0 bridgehead atoms. The Morgan fingerprint density at radius 1 is 1.08 bits per heavy atom. The van der Waals surface area contributed by atoms with Gasteiger partial charge in [-0.15, -0.1) is 0 Å². The third-order valence-electron chi connectivity index (χ3n) is 7.25. The second-order valence-corrected chi connectivity index (χ2v) is 10.0. The van der Waals surface area contributed by atoms with E-state index in [4.69, 9.17) is 14.2 Å². The quantitative estimate of drug-likeness (QED) is 0.428. The lowest BCUT2D eigenvalue weighted by Gasteiger charge is -2.43. The first-order valence-electron chi connectivity index (χ1n) is 13.4. The molecular formula is C30H40N2O5. The maximum absolute atomic E-state index is 12.1. The molecule has 1 amide bonds. The van der Waals surface area contributed by atoms with Gasteiger partial charge >= 0.3 is 6.09 Å². The molecule has 2 aliphatic rings. The predicted molar refractivity (Wildman–Crippen MR) is 144 cm³/mol. The summed E-state index contributed by atoms with van der Waals surface area (Å²) in [5.74, 6) is 0.136. The average Bonchev–Trinajstić information content (AvgIpc) is 2.90. The first-order valence-corrected chi connectivity index (χ1v) is 13.4. The molecule has 0 aliphatic carbocycles. The fraction of sp³-hybridized carbons (Fsp3) is 0.500. The summed E-state index contributed by atoms with van der Waals surface area (Å²) < 4.78 is 18.2. The first-order chi connectivity index (χ1) is 18.1. The van der Waals surface area contributed by atoms with Gasteiger partial charge in [-0.3, -0.25) is 5.32 Å². The summed E-state index contributed by atoms with van der Waals surface area (Å²) in [5, 5.41) is 12.2. The number of rotatable bonds is 8. The summed E-state index contributed by atoms with van der Waals surface area (Å²) in [6.07, 6.45) is 6.59. The van der Waals surface area contributed by atoms with Gasteiger partial charge in [0, 0.05) is 23.7 Å². The third kappa shape index (κ3) is 7.65. The van der Waals surface area contributed by atoms with Gasteiger partial charge < -0.3 is 24.2 Å². The number of likely N-dealkylation sites (tertiary alicyclic amines) is 1. The second kappa shape index (κ2) is 13.7. The van der Waals surface area contributed by atoms with E-state index in [0.29, 0.717) is 5.69 Å². The Morgan fingerprint density at radius 2 is 1.81 bits per heavy atom. The lowest BCUT2D eigenvalue weighted by molar-refractivity contribution is -0.276. The first kappa shape index (κ1) is 27.3. The maximum atomic E-state index is 12.1. The minimum Gasteiger partial charge on any atom is -0.445 e. The summed E-state index contributed by atoms with van der Waals surface area (Å²) in [6.45, 7) is 8.98. The van der Waals surface area contributed by atoms with E-state index in [-0.39, 0.29) is 31.3 Å². The number of amides is 1. The molecule has 2 fully saturated rings.